The maximum absolute atomic E-state index is 13.6. The Bertz CT molecular complexity index is 599. The minimum atomic E-state index is -0.558. The van der Waals surface area contributed by atoms with Gasteiger partial charge in [0.15, 0.2) is 0 Å². The average molecular weight is 342 g/mol. The zero-order valence-electron chi connectivity index (χ0n) is 10.8. The monoisotopic (exact) mass is 341 g/mol. The van der Waals surface area contributed by atoms with E-state index >= 15 is 0 Å². The summed E-state index contributed by atoms with van der Waals surface area (Å²) in [4.78, 5) is 0. The number of phenols is 1. The van der Waals surface area contributed by atoms with Crippen molar-refractivity contribution in [1.82, 2.24) is 5.32 Å². The molecule has 5 heteroatoms. The highest BCUT2D eigenvalue weighted by Gasteiger charge is 2.15. The first-order chi connectivity index (χ1) is 9.49. The summed E-state index contributed by atoms with van der Waals surface area (Å²) in [5, 5.41) is 12.5. The van der Waals surface area contributed by atoms with Crippen molar-refractivity contribution >= 4 is 15.9 Å². The standard InChI is InChI=1S/C15H14BrF2NO/c1-9(15-12(17)3-2-4-13(15)18)19-8-10-5-6-14(20)11(16)7-10/h2-7,9,19-20H,8H2,1H3. The molecule has 2 rings (SSSR count). The SMILES string of the molecule is CC(NCc1ccc(O)c(Br)c1)c1c(F)cccc1F. The molecule has 0 saturated carbocycles. The highest BCUT2D eigenvalue weighted by atomic mass is 79.9. The van der Waals surface area contributed by atoms with Gasteiger partial charge < -0.3 is 10.4 Å². The van der Waals surface area contributed by atoms with E-state index in [-0.39, 0.29) is 11.3 Å². The highest BCUT2D eigenvalue weighted by Crippen LogP contribution is 2.25. The van der Waals surface area contributed by atoms with Crippen molar-refractivity contribution in [3.05, 3.63) is 63.6 Å². The van der Waals surface area contributed by atoms with E-state index in [9.17, 15) is 13.9 Å². The van der Waals surface area contributed by atoms with Crippen molar-refractivity contribution in [2.45, 2.75) is 19.5 Å². The van der Waals surface area contributed by atoms with Crippen molar-refractivity contribution in [2.75, 3.05) is 0 Å². The lowest BCUT2D eigenvalue weighted by molar-refractivity contribution is 0.470. The van der Waals surface area contributed by atoms with Crippen molar-refractivity contribution in [1.29, 1.82) is 0 Å². The molecule has 1 atom stereocenters. The Labute approximate surface area is 124 Å². The third kappa shape index (κ3) is 3.35. The van der Waals surface area contributed by atoms with Crippen LogP contribution in [0.4, 0.5) is 8.78 Å². The van der Waals surface area contributed by atoms with E-state index in [0.29, 0.717) is 11.0 Å². The molecule has 2 nitrogen and oxygen atoms in total. The first kappa shape index (κ1) is 14.9. The van der Waals surface area contributed by atoms with E-state index in [0.717, 1.165) is 5.56 Å². The van der Waals surface area contributed by atoms with Gasteiger partial charge in [0.2, 0.25) is 0 Å². The van der Waals surface area contributed by atoms with Gasteiger partial charge >= 0.3 is 0 Å². The molecule has 0 heterocycles. The lowest BCUT2D eigenvalue weighted by Gasteiger charge is -2.16. The molecule has 2 N–H and O–H groups in total. The summed E-state index contributed by atoms with van der Waals surface area (Å²) in [6, 6.07) is 8.45. The number of aromatic hydroxyl groups is 1. The minimum Gasteiger partial charge on any atom is -0.507 e. The van der Waals surface area contributed by atoms with Crippen LogP contribution in [0.15, 0.2) is 40.9 Å². The number of hydrogen-bond acceptors (Lipinski definition) is 2. The van der Waals surface area contributed by atoms with Crippen LogP contribution in [-0.2, 0) is 6.54 Å². The topological polar surface area (TPSA) is 32.3 Å². The van der Waals surface area contributed by atoms with E-state index in [1.807, 2.05) is 0 Å². The molecule has 0 aliphatic carbocycles. The molecule has 0 aliphatic heterocycles. The van der Waals surface area contributed by atoms with Crippen molar-refractivity contribution in [3.8, 4) is 5.75 Å². The maximum atomic E-state index is 13.6. The van der Waals surface area contributed by atoms with Crippen LogP contribution < -0.4 is 5.32 Å². The number of halogens is 3. The minimum absolute atomic E-state index is 0.0327. The molecule has 2 aromatic carbocycles. The third-order valence-electron chi connectivity index (χ3n) is 3.06. The van der Waals surface area contributed by atoms with E-state index in [2.05, 4.69) is 21.2 Å². The van der Waals surface area contributed by atoms with Crippen LogP contribution in [0.25, 0.3) is 0 Å². The van der Waals surface area contributed by atoms with Gasteiger partial charge in [0, 0.05) is 18.2 Å². The Balaban J connectivity index is 2.08. The molecule has 0 fully saturated rings. The molecule has 0 aliphatic rings. The largest absolute Gasteiger partial charge is 0.507 e. The van der Waals surface area contributed by atoms with Gasteiger partial charge in [0.25, 0.3) is 0 Å². The predicted molar refractivity (Wildman–Crippen MR) is 77.4 cm³/mol. The molecule has 0 radical (unpaired) electrons. The first-order valence-corrected chi connectivity index (χ1v) is 6.93. The van der Waals surface area contributed by atoms with Crippen LogP contribution in [-0.4, -0.2) is 5.11 Å². The number of hydrogen-bond donors (Lipinski definition) is 2. The molecular formula is C15H14BrF2NO. The zero-order valence-corrected chi connectivity index (χ0v) is 12.4. The van der Waals surface area contributed by atoms with Gasteiger partial charge in [-0.3, -0.25) is 0 Å². The molecule has 0 spiro atoms. The summed E-state index contributed by atoms with van der Waals surface area (Å²) in [6.45, 7) is 2.14. The zero-order chi connectivity index (χ0) is 14.7. The lowest BCUT2D eigenvalue weighted by atomic mass is 10.1. The summed E-state index contributed by atoms with van der Waals surface area (Å²) in [6.07, 6.45) is 0. The van der Waals surface area contributed by atoms with Gasteiger partial charge in [-0.2, -0.15) is 0 Å². The molecular weight excluding hydrogens is 328 g/mol. The number of benzene rings is 2. The fourth-order valence-electron chi connectivity index (χ4n) is 1.96. The van der Waals surface area contributed by atoms with Crippen LogP contribution >= 0.6 is 15.9 Å². The summed E-state index contributed by atoms with van der Waals surface area (Å²) in [5.41, 5.74) is 0.934. The number of nitrogens with one attached hydrogen (secondary N) is 1. The van der Waals surface area contributed by atoms with Crippen molar-refractivity contribution < 1.29 is 13.9 Å². The molecule has 0 saturated heterocycles. The number of rotatable bonds is 4. The van der Waals surface area contributed by atoms with Crippen LogP contribution in [0.3, 0.4) is 0 Å². The van der Waals surface area contributed by atoms with E-state index in [1.165, 1.54) is 18.2 Å². The highest BCUT2D eigenvalue weighted by molar-refractivity contribution is 9.10. The van der Waals surface area contributed by atoms with Crippen LogP contribution in [0.5, 0.6) is 5.75 Å². The fourth-order valence-corrected chi connectivity index (χ4v) is 2.38. The molecule has 0 bridgehead atoms. The lowest BCUT2D eigenvalue weighted by Crippen LogP contribution is -2.20. The Morgan fingerprint density at radius 1 is 1.20 bits per heavy atom. The molecule has 1 unspecified atom stereocenters. The average Bonchev–Trinajstić information content (AvgIpc) is 2.40. The van der Waals surface area contributed by atoms with Gasteiger partial charge in [-0.05, 0) is 52.7 Å². The summed E-state index contributed by atoms with van der Waals surface area (Å²) >= 11 is 3.22. The van der Waals surface area contributed by atoms with Crippen molar-refractivity contribution in [3.63, 3.8) is 0 Å². The van der Waals surface area contributed by atoms with E-state index in [4.69, 9.17) is 0 Å². The van der Waals surface area contributed by atoms with Gasteiger partial charge in [-0.15, -0.1) is 0 Å². The van der Waals surface area contributed by atoms with E-state index in [1.54, 1.807) is 25.1 Å². The Kier molecular flexibility index (Phi) is 4.73. The second-order valence-electron chi connectivity index (χ2n) is 4.52. The van der Waals surface area contributed by atoms with Crippen LogP contribution in [0, 0.1) is 11.6 Å². The first-order valence-electron chi connectivity index (χ1n) is 6.13. The van der Waals surface area contributed by atoms with Gasteiger partial charge in [-0.1, -0.05) is 12.1 Å². The predicted octanol–water partition coefficient (Wildman–Crippen LogP) is 4.28. The third-order valence-corrected chi connectivity index (χ3v) is 3.69. The second kappa shape index (κ2) is 6.33. The van der Waals surface area contributed by atoms with E-state index < -0.39 is 17.7 Å². The summed E-state index contributed by atoms with van der Waals surface area (Å²) in [7, 11) is 0. The van der Waals surface area contributed by atoms with Crippen LogP contribution in [0.1, 0.15) is 24.1 Å². The van der Waals surface area contributed by atoms with Crippen LogP contribution in [0.2, 0.25) is 0 Å². The molecule has 2 aromatic rings. The Hall–Kier alpha value is -1.46. The number of phenolic OH excluding ortho intramolecular Hbond substituents is 1. The molecule has 0 aromatic heterocycles. The molecule has 106 valence electrons. The van der Waals surface area contributed by atoms with Gasteiger partial charge in [0.1, 0.15) is 17.4 Å². The Morgan fingerprint density at radius 3 is 2.45 bits per heavy atom. The second-order valence-corrected chi connectivity index (χ2v) is 5.38. The summed E-state index contributed by atoms with van der Waals surface area (Å²) in [5.74, 6) is -0.962. The van der Waals surface area contributed by atoms with Gasteiger partial charge in [-0.25, -0.2) is 8.78 Å². The smallest absolute Gasteiger partial charge is 0.130 e. The fraction of sp³-hybridized carbons (Fsp3) is 0.200. The summed E-state index contributed by atoms with van der Waals surface area (Å²) < 4.78 is 27.8. The van der Waals surface area contributed by atoms with Gasteiger partial charge in [0.05, 0.1) is 4.47 Å². The van der Waals surface area contributed by atoms with Crippen molar-refractivity contribution in [2.24, 2.45) is 0 Å². The quantitative estimate of drug-likeness (QED) is 0.869. The maximum Gasteiger partial charge on any atom is 0.130 e. The molecule has 20 heavy (non-hydrogen) atoms. The normalized spacial score (nSPS) is 12.4. The molecule has 0 amide bonds. The Morgan fingerprint density at radius 2 is 1.85 bits per heavy atom.